The highest BCUT2D eigenvalue weighted by atomic mass is 35.5. The molecular weight excluding hydrogens is 450 g/mol. The second kappa shape index (κ2) is 8.32. The van der Waals surface area contributed by atoms with Gasteiger partial charge in [0.05, 0.1) is 16.2 Å². The van der Waals surface area contributed by atoms with Crippen LogP contribution >= 0.6 is 22.9 Å². The van der Waals surface area contributed by atoms with Crippen molar-refractivity contribution in [1.29, 1.82) is 0 Å². The van der Waals surface area contributed by atoms with Gasteiger partial charge in [-0.3, -0.25) is 24.8 Å². The minimum Gasteiger partial charge on any atom is -0.279 e. The molecule has 0 fully saturated rings. The standard InChI is InChI=1S/C20H11ClF2N4O3S/c21-12-3-4-16(27(29)30)14(6-12)19(28)26(10-11-2-1-5-24-9-11)20-25-18-15(23)7-13(22)8-17(18)31-20/h1-9H,10H2. The van der Waals surface area contributed by atoms with Gasteiger partial charge in [0.25, 0.3) is 11.6 Å². The van der Waals surface area contributed by atoms with E-state index in [1.807, 2.05) is 0 Å². The molecule has 11 heteroatoms. The molecule has 0 radical (unpaired) electrons. The molecule has 156 valence electrons. The van der Waals surface area contributed by atoms with E-state index in [-0.39, 0.29) is 32.5 Å². The molecule has 31 heavy (non-hydrogen) atoms. The van der Waals surface area contributed by atoms with Crippen LogP contribution in [-0.4, -0.2) is 20.8 Å². The van der Waals surface area contributed by atoms with Crippen LogP contribution in [0.2, 0.25) is 5.02 Å². The summed E-state index contributed by atoms with van der Waals surface area (Å²) >= 11 is 6.86. The van der Waals surface area contributed by atoms with Crippen LogP contribution in [0.15, 0.2) is 54.9 Å². The van der Waals surface area contributed by atoms with E-state index in [4.69, 9.17) is 11.6 Å². The summed E-state index contributed by atoms with van der Waals surface area (Å²) < 4.78 is 28.0. The van der Waals surface area contributed by atoms with Crippen molar-refractivity contribution in [3.63, 3.8) is 0 Å². The lowest BCUT2D eigenvalue weighted by Crippen LogP contribution is -2.31. The van der Waals surface area contributed by atoms with Gasteiger partial charge in [-0.1, -0.05) is 29.0 Å². The van der Waals surface area contributed by atoms with Crippen molar-refractivity contribution in [2.45, 2.75) is 6.54 Å². The number of benzene rings is 2. The molecule has 0 saturated heterocycles. The quantitative estimate of drug-likeness (QED) is 0.295. The monoisotopic (exact) mass is 460 g/mol. The summed E-state index contributed by atoms with van der Waals surface area (Å²) in [6, 6.07) is 8.78. The number of halogens is 3. The number of carbonyl (C=O) groups is 1. The Morgan fingerprint density at radius 1 is 1.23 bits per heavy atom. The van der Waals surface area contributed by atoms with E-state index in [0.29, 0.717) is 11.6 Å². The van der Waals surface area contributed by atoms with Crippen molar-refractivity contribution in [3.05, 3.63) is 92.8 Å². The first-order valence-electron chi connectivity index (χ1n) is 8.74. The number of hydrogen-bond acceptors (Lipinski definition) is 6. The smallest absolute Gasteiger partial charge is 0.279 e. The van der Waals surface area contributed by atoms with E-state index in [1.165, 1.54) is 18.3 Å². The lowest BCUT2D eigenvalue weighted by molar-refractivity contribution is -0.385. The third-order valence-corrected chi connectivity index (χ3v) is 5.59. The Morgan fingerprint density at radius 2 is 2.03 bits per heavy atom. The van der Waals surface area contributed by atoms with Gasteiger partial charge in [0.15, 0.2) is 10.9 Å². The Bertz CT molecular complexity index is 1320. The van der Waals surface area contributed by atoms with Gasteiger partial charge in [0, 0.05) is 29.5 Å². The molecule has 2 aromatic carbocycles. The van der Waals surface area contributed by atoms with Gasteiger partial charge in [-0.2, -0.15) is 0 Å². The highest BCUT2D eigenvalue weighted by Gasteiger charge is 2.29. The fraction of sp³-hybridized carbons (Fsp3) is 0.0500. The van der Waals surface area contributed by atoms with Gasteiger partial charge in [-0.15, -0.1) is 0 Å². The normalized spacial score (nSPS) is 10.9. The number of anilines is 1. The zero-order valence-electron chi connectivity index (χ0n) is 15.5. The molecule has 0 atom stereocenters. The van der Waals surface area contributed by atoms with Gasteiger partial charge in [0.1, 0.15) is 16.9 Å². The van der Waals surface area contributed by atoms with Crippen LogP contribution in [0.3, 0.4) is 0 Å². The number of thiazole rings is 1. The number of nitrogens with zero attached hydrogens (tertiary/aromatic N) is 4. The SMILES string of the molecule is O=C(c1cc(Cl)ccc1[N+](=O)[O-])N(Cc1cccnc1)c1nc2c(F)cc(F)cc2s1. The van der Waals surface area contributed by atoms with E-state index >= 15 is 0 Å². The Labute approximate surface area is 182 Å². The van der Waals surface area contributed by atoms with Crippen molar-refractivity contribution >= 4 is 49.9 Å². The molecule has 0 aliphatic rings. The fourth-order valence-corrected chi connectivity index (χ4v) is 4.12. The van der Waals surface area contributed by atoms with Gasteiger partial charge < -0.3 is 0 Å². The van der Waals surface area contributed by atoms with Gasteiger partial charge in [-0.25, -0.2) is 13.8 Å². The third-order valence-electron chi connectivity index (χ3n) is 4.33. The molecule has 2 heterocycles. The zero-order valence-corrected chi connectivity index (χ0v) is 17.0. The van der Waals surface area contributed by atoms with Crippen LogP contribution in [0.25, 0.3) is 10.2 Å². The molecule has 1 amide bonds. The van der Waals surface area contributed by atoms with Crippen LogP contribution < -0.4 is 4.90 Å². The summed E-state index contributed by atoms with van der Waals surface area (Å²) in [5, 5.41) is 11.6. The van der Waals surface area contributed by atoms with E-state index in [1.54, 1.807) is 18.3 Å². The largest absolute Gasteiger partial charge is 0.282 e. The van der Waals surface area contributed by atoms with Gasteiger partial charge in [0.2, 0.25) is 0 Å². The Balaban J connectivity index is 1.86. The van der Waals surface area contributed by atoms with E-state index in [9.17, 15) is 23.7 Å². The van der Waals surface area contributed by atoms with Crippen molar-refractivity contribution in [1.82, 2.24) is 9.97 Å². The van der Waals surface area contributed by atoms with Crippen LogP contribution in [0.4, 0.5) is 19.6 Å². The van der Waals surface area contributed by atoms with Crippen LogP contribution in [-0.2, 0) is 6.54 Å². The summed E-state index contributed by atoms with van der Waals surface area (Å²) in [5.41, 5.74) is -0.200. The maximum Gasteiger partial charge on any atom is 0.282 e. The molecule has 0 unspecified atom stereocenters. The van der Waals surface area contributed by atoms with Crippen molar-refractivity contribution in [2.75, 3.05) is 4.90 Å². The molecule has 7 nitrogen and oxygen atoms in total. The van der Waals surface area contributed by atoms with Crippen molar-refractivity contribution in [3.8, 4) is 0 Å². The van der Waals surface area contributed by atoms with Gasteiger partial charge >= 0.3 is 0 Å². The molecule has 0 N–H and O–H groups in total. The summed E-state index contributed by atoms with van der Waals surface area (Å²) in [5.74, 6) is -2.42. The minimum absolute atomic E-state index is 0.0441. The highest BCUT2D eigenvalue weighted by molar-refractivity contribution is 7.22. The summed E-state index contributed by atoms with van der Waals surface area (Å²) in [6.45, 7) is -0.0553. The topological polar surface area (TPSA) is 89.2 Å². The third kappa shape index (κ3) is 4.21. The molecule has 0 spiro atoms. The maximum atomic E-state index is 14.2. The number of fused-ring (bicyclic) bond motifs is 1. The lowest BCUT2D eigenvalue weighted by atomic mass is 10.1. The summed E-state index contributed by atoms with van der Waals surface area (Å²) in [6.07, 6.45) is 3.06. The number of hydrogen-bond donors (Lipinski definition) is 0. The summed E-state index contributed by atoms with van der Waals surface area (Å²) in [4.78, 5) is 33.5. The first-order valence-corrected chi connectivity index (χ1v) is 9.93. The van der Waals surface area contributed by atoms with Crippen LogP contribution in [0.5, 0.6) is 0 Å². The number of nitro groups is 1. The number of rotatable bonds is 5. The zero-order chi connectivity index (χ0) is 22.1. The number of carbonyl (C=O) groups excluding carboxylic acids is 1. The number of nitro benzene ring substituents is 1. The Hall–Kier alpha value is -3.50. The molecule has 0 aliphatic carbocycles. The number of aromatic nitrogens is 2. The van der Waals surface area contributed by atoms with Crippen molar-refractivity contribution < 1.29 is 18.5 Å². The Morgan fingerprint density at radius 3 is 2.74 bits per heavy atom. The maximum absolute atomic E-state index is 14.2. The first-order chi connectivity index (χ1) is 14.8. The average Bonchev–Trinajstić information content (AvgIpc) is 3.16. The van der Waals surface area contributed by atoms with Crippen molar-refractivity contribution in [2.24, 2.45) is 0 Å². The Kier molecular flexibility index (Phi) is 5.57. The molecular formula is C20H11ClF2N4O3S. The first kappa shape index (κ1) is 20.8. The fourth-order valence-electron chi connectivity index (χ4n) is 2.95. The molecule has 4 rings (SSSR count). The molecule has 0 aliphatic heterocycles. The average molecular weight is 461 g/mol. The predicted molar refractivity (Wildman–Crippen MR) is 112 cm³/mol. The van der Waals surface area contributed by atoms with Crippen LogP contribution in [0.1, 0.15) is 15.9 Å². The van der Waals surface area contributed by atoms with Gasteiger partial charge in [-0.05, 0) is 29.8 Å². The number of amides is 1. The van der Waals surface area contributed by atoms with Crippen LogP contribution in [0, 0.1) is 21.7 Å². The predicted octanol–water partition coefficient (Wildman–Crippen LogP) is 5.38. The second-order valence-corrected chi connectivity index (χ2v) is 7.85. The van der Waals surface area contributed by atoms with E-state index in [2.05, 4.69) is 9.97 Å². The minimum atomic E-state index is -0.875. The molecule has 4 aromatic rings. The molecule has 0 saturated carbocycles. The summed E-state index contributed by atoms with van der Waals surface area (Å²) in [7, 11) is 0. The molecule has 2 aromatic heterocycles. The second-order valence-electron chi connectivity index (χ2n) is 6.40. The lowest BCUT2D eigenvalue weighted by Gasteiger charge is -2.20. The van der Waals surface area contributed by atoms with E-state index < -0.39 is 28.2 Å². The van der Waals surface area contributed by atoms with E-state index in [0.717, 1.165) is 28.4 Å². The molecule has 0 bridgehead atoms. The number of pyridine rings is 1. The highest BCUT2D eigenvalue weighted by Crippen LogP contribution is 2.34.